The number of nitrogens with one attached hydrogen (secondary N) is 1. The van der Waals surface area contributed by atoms with Gasteiger partial charge in [-0.15, -0.1) is 0 Å². The van der Waals surface area contributed by atoms with E-state index in [0.29, 0.717) is 24.2 Å². The third kappa shape index (κ3) is 4.17. The Balaban J connectivity index is 1.34. The molecule has 3 heterocycles. The van der Waals surface area contributed by atoms with Crippen molar-refractivity contribution in [1.82, 2.24) is 14.8 Å². The molecule has 3 atom stereocenters. The van der Waals surface area contributed by atoms with E-state index < -0.39 is 6.67 Å². The summed E-state index contributed by atoms with van der Waals surface area (Å²) in [6, 6.07) is 5.79. The fourth-order valence-corrected chi connectivity index (χ4v) is 5.58. The molecule has 32 heavy (non-hydrogen) atoms. The first-order chi connectivity index (χ1) is 15.4. The molecule has 1 saturated carbocycles. The molecule has 1 amide bonds. The topological polar surface area (TPSA) is 48.5 Å². The van der Waals surface area contributed by atoms with Crippen LogP contribution in [0.5, 0.6) is 0 Å². The Morgan fingerprint density at radius 2 is 2.00 bits per heavy atom. The van der Waals surface area contributed by atoms with Gasteiger partial charge in [0.05, 0.1) is 5.56 Å². The highest BCUT2D eigenvalue weighted by atomic mass is 79.9. The lowest BCUT2D eigenvalue weighted by Gasteiger charge is -2.27. The van der Waals surface area contributed by atoms with Crippen LogP contribution in [0.2, 0.25) is 0 Å². The zero-order chi connectivity index (χ0) is 22.4. The molecule has 0 radical (unpaired) electrons. The Morgan fingerprint density at radius 3 is 2.72 bits per heavy atom. The average molecular weight is 497 g/mol. The van der Waals surface area contributed by atoms with Gasteiger partial charge in [-0.3, -0.25) is 9.78 Å². The van der Waals surface area contributed by atoms with Crippen molar-refractivity contribution in [2.24, 2.45) is 11.8 Å². The van der Waals surface area contributed by atoms with Crippen LogP contribution in [0.3, 0.4) is 0 Å². The summed E-state index contributed by atoms with van der Waals surface area (Å²) in [5.41, 5.74) is 4.90. The lowest BCUT2D eigenvalue weighted by atomic mass is 9.97. The van der Waals surface area contributed by atoms with Crippen LogP contribution in [0.1, 0.15) is 34.3 Å². The number of aromatic nitrogens is 1. The monoisotopic (exact) mass is 496 g/mol. The van der Waals surface area contributed by atoms with E-state index in [1.807, 2.05) is 30.9 Å². The maximum Gasteiger partial charge on any atom is 0.255 e. The quantitative estimate of drug-likeness (QED) is 0.625. The summed E-state index contributed by atoms with van der Waals surface area (Å²) in [5.74, 6) is 1.58. The number of anilines is 1. The van der Waals surface area contributed by atoms with Gasteiger partial charge < -0.3 is 15.1 Å². The lowest BCUT2D eigenvalue weighted by Crippen LogP contribution is -2.32. The minimum Gasteiger partial charge on any atom is -0.380 e. The van der Waals surface area contributed by atoms with E-state index in [2.05, 4.69) is 37.7 Å². The first kappa shape index (κ1) is 21.5. The number of hydrogen-bond donors (Lipinski definition) is 1. The smallest absolute Gasteiger partial charge is 0.255 e. The Bertz CT molecular complexity index is 1070. The van der Waals surface area contributed by atoms with Crippen molar-refractivity contribution in [2.45, 2.75) is 25.6 Å². The summed E-state index contributed by atoms with van der Waals surface area (Å²) < 4.78 is 14.9. The maximum absolute atomic E-state index is 14.0. The molecule has 5 rings (SSSR count). The number of rotatable bonds is 6. The van der Waals surface area contributed by atoms with Gasteiger partial charge in [0.25, 0.3) is 5.91 Å². The number of hydrogen-bond acceptors (Lipinski definition) is 4. The molecule has 8 heteroatoms. The highest BCUT2D eigenvalue weighted by molar-refractivity contribution is 9.10. The molecule has 166 valence electrons. The summed E-state index contributed by atoms with van der Waals surface area (Å²) >= 11 is 3.55. The van der Waals surface area contributed by atoms with Crippen molar-refractivity contribution in [3.05, 3.63) is 58.3 Å². The molecule has 0 spiro atoms. The van der Waals surface area contributed by atoms with Crippen LogP contribution in [-0.2, 0) is 6.67 Å². The molecular weight excluding hydrogens is 470 g/mol. The second-order valence-corrected chi connectivity index (χ2v) is 10.3. The highest BCUT2D eigenvalue weighted by Crippen LogP contribution is 2.48. The van der Waals surface area contributed by atoms with Crippen LogP contribution in [-0.4, -0.2) is 60.8 Å². The molecule has 3 fully saturated rings. The van der Waals surface area contributed by atoms with Crippen LogP contribution in [0.15, 0.2) is 41.6 Å². The van der Waals surface area contributed by atoms with E-state index in [1.54, 1.807) is 12.4 Å². The van der Waals surface area contributed by atoms with Gasteiger partial charge in [0, 0.05) is 71.6 Å². The number of nitrogens with zero attached hydrogens (tertiary/aromatic N) is 3. The molecule has 1 aromatic carbocycles. The van der Waals surface area contributed by atoms with Crippen molar-refractivity contribution in [1.29, 1.82) is 0 Å². The molecule has 2 aliphatic heterocycles. The Hall–Kier alpha value is -2.35. The second kappa shape index (κ2) is 8.54. The number of pyridine rings is 1. The van der Waals surface area contributed by atoms with Crippen LogP contribution in [0.4, 0.5) is 10.1 Å². The van der Waals surface area contributed by atoms with Crippen LogP contribution >= 0.6 is 15.9 Å². The molecular formula is C24H27BBrFN4O. The number of fused-ring (bicyclic) bond motifs is 1. The molecule has 2 aromatic rings. The third-order valence-electron chi connectivity index (χ3n) is 6.95. The van der Waals surface area contributed by atoms with Crippen molar-refractivity contribution in [3.63, 3.8) is 0 Å². The summed E-state index contributed by atoms with van der Waals surface area (Å²) in [6.07, 6.45) is 5.50. The molecule has 1 aromatic heterocycles. The van der Waals surface area contributed by atoms with Crippen molar-refractivity contribution in [3.8, 4) is 0 Å². The minimum atomic E-state index is -0.558. The summed E-state index contributed by atoms with van der Waals surface area (Å²) in [5, 5.41) is 3.57. The summed E-state index contributed by atoms with van der Waals surface area (Å²) in [6.45, 7) is 7.14. The molecule has 0 bridgehead atoms. The van der Waals surface area contributed by atoms with Gasteiger partial charge in [-0.25, -0.2) is 4.39 Å². The van der Waals surface area contributed by atoms with Crippen LogP contribution in [0, 0.1) is 11.8 Å². The number of carbonyl (C=O) groups excluding carboxylic acids is 1. The van der Waals surface area contributed by atoms with Gasteiger partial charge in [-0.2, -0.15) is 0 Å². The zero-order valence-electron chi connectivity index (χ0n) is 18.3. The fraction of sp³-hybridized carbons (Fsp3) is 0.417. The largest absolute Gasteiger partial charge is 0.380 e. The highest BCUT2D eigenvalue weighted by Gasteiger charge is 2.45. The van der Waals surface area contributed by atoms with Gasteiger partial charge in [-0.1, -0.05) is 34.0 Å². The van der Waals surface area contributed by atoms with E-state index in [0.717, 1.165) is 58.2 Å². The minimum absolute atomic E-state index is 0.00653. The van der Waals surface area contributed by atoms with Crippen LogP contribution in [0.25, 0.3) is 5.70 Å². The van der Waals surface area contributed by atoms with Crippen molar-refractivity contribution >= 4 is 46.5 Å². The third-order valence-corrected chi connectivity index (χ3v) is 7.40. The molecule has 1 aliphatic carbocycles. The van der Waals surface area contributed by atoms with E-state index in [1.165, 1.54) is 6.42 Å². The molecule has 5 nitrogen and oxygen atoms in total. The predicted molar refractivity (Wildman–Crippen MR) is 132 cm³/mol. The van der Waals surface area contributed by atoms with Crippen molar-refractivity contribution in [2.75, 3.05) is 31.5 Å². The fourth-order valence-electron chi connectivity index (χ4n) is 5.08. The number of amides is 1. The standard InChI is InChI=1S/C24H27BBrFN4O/c1-14(31-11-17-4-18(17)12-31)22-7-20(26)6-15(8-27)23(22)29-21-2-3-30(13-21)24(32)16-5-19(25)10-28-9-16/h5-7,9-10,17-18,21,29H,1-4,8,11-13,25H2/t17?,18?,21-/m1/s1. The number of carbonyl (C=O) groups is 1. The first-order valence-corrected chi connectivity index (χ1v) is 12.0. The maximum atomic E-state index is 14.0. The average Bonchev–Trinajstić information content (AvgIpc) is 3.17. The summed E-state index contributed by atoms with van der Waals surface area (Å²) in [7, 11) is 1.93. The Kier molecular flexibility index (Phi) is 5.74. The van der Waals surface area contributed by atoms with E-state index >= 15 is 0 Å². The van der Waals surface area contributed by atoms with E-state index in [4.69, 9.17) is 0 Å². The van der Waals surface area contributed by atoms with Gasteiger partial charge in [-0.05, 0) is 36.8 Å². The molecule has 2 saturated heterocycles. The van der Waals surface area contributed by atoms with Gasteiger partial charge in [0.1, 0.15) is 14.5 Å². The van der Waals surface area contributed by atoms with Crippen molar-refractivity contribution < 1.29 is 9.18 Å². The zero-order valence-corrected chi connectivity index (χ0v) is 19.9. The predicted octanol–water partition coefficient (Wildman–Crippen LogP) is 2.82. The number of likely N-dealkylation sites (tertiary alicyclic amines) is 2. The SMILES string of the molecule is Bc1cncc(C(=O)N2CC[C@@H](Nc3c(CF)cc(Br)cc3C(=C)N3CC4CC4C3)C2)c1. The van der Waals surface area contributed by atoms with Gasteiger partial charge >= 0.3 is 0 Å². The number of piperidine rings is 1. The summed E-state index contributed by atoms with van der Waals surface area (Å²) in [4.78, 5) is 21.3. The van der Waals surface area contributed by atoms with Gasteiger partial charge in [0.15, 0.2) is 0 Å². The lowest BCUT2D eigenvalue weighted by molar-refractivity contribution is 0.0791. The van der Waals surface area contributed by atoms with Gasteiger partial charge in [0.2, 0.25) is 0 Å². The normalized spacial score (nSPS) is 23.9. The van der Waals surface area contributed by atoms with E-state index in [9.17, 15) is 9.18 Å². The number of benzene rings is 1. The Morgan fingerprint density at radius 1 is 1.22 bits per heavy atom. The molecule has 1 N–H and O–H groups in total. The number of halogens is 2. The number of alkyl halides is 1. The molecule has 2 unspecified atom stereocenters. The first-order valence-electron chi connectivity index (χ1n) is 11.2. The molecule has 3 aliphatic rings. The second-order valence-electron chi connectivity index (χ2n) is 9.36. The Labute approximate surface area is 197 Å². The van der Waals surface area contributed by atoms with E-state index in [-0.39, 0.29) is 11.9 Å². The van der Waals surface area contributed by atoms with Crippen LogP contribution < -0.4 is 10.8 Å².